The van der Waals surface area contributed by atoms with Crippen molar-refractivity contribution in [3.05, 3.63) is 0 Å². The highest BCUT2D eigenvalue weighted by molar-refractivity contribution is 4.82. The molecule has 1 rings (SSSR count). The second-order valence-corrected chi connectivity index (χ2v) is 5.93. The highest BCUT2D eigenvalue weighted by atomic mass is 14.4. The first-order valence-corrected chi connectivity index (χ1v) is 6.58. The van der Waals surface area contributed by atoms with E-state index in [9.17, 15) is 0 Å². The molecule has 0 bridgehead atoms. The van der Waals surface area contributed by atoms with E-state index < -0.39 is 0 Å². The van der Waals surface area contributed by atoms with Gasteiger partial charge in [0.05, 0.1) is 0 Å². The Kier molecular flexibility index (Phi) is 4.47. The van der Waals surface area contributed by atoms with Gasteiger partial charge in [0.15, 0.2) is 0 Å². The highest BCUT2D eigenvalue weighted by Gasteiger charge is 2.31. The lowest BCUT2D eigenvalue weighted by Gasteiger charge is -2.39. The van der Waals surface area contributed by atoms with Crippen molar-refractivity contribution in [1.82, 2.24) is 0 Å². The lowest BCUT2D eigenvalue weighted by atomic mass is 9.67. The van der Waals surface area contributed by atoms with Crippen LogP contribution < -0.4 is 0 Å². The predicted molar refractivity (Wildman–Crippen MR) is 64.4 cm³/mol. The van der Waals surface area contributed by atoms with E-state index in [0.717, 1.165) is 11.8 Å². The molecule has 0 N–H and O–H groups in total. The van der Waals surface area contributed by atoms with Gasteiger partial charge in [-0.1, -0.05) is 66.2 Å². The summed E-state index contributed by atoms with van der Waals surface area (Å²) in [7, 11) is 0. The van der Waals surface area contributed by atoms with Gasteiger partial charge in [-0.05, 0) is 23.7 Å². The molecule has 0 saturated heterocycles. The van der Waals surface area contributed by atoms with E-state index in [2.05, 4.69) is 27.7 Å². The minimum Gasteiger partial charge on any atom is -0.0654 e. The van der Waals surface area contributed by atoms with Crippen LogP contribution in [0.25, 0.3) is 0 Å². The first-order valence-electron chi connectivity index (χ1n) is 6.58. The molecule has 1 saturated carbocycles. The van der Waals surface area contributed by atoms with Gasteiger partial charge in [-0.2, -0.15) is 0 Å². The third kappa shape index (κ3) is 3.00. The maximum absolute atomic E-state index is 2.49. The Morgan fingerprint density at radius 2 is 1.71 bits per heavy atom. The lowest BCUT2D eigenvalue weighted by Crippen LogP contribution is -2.29. The molecule has 0 radical (unpaired) electrons. The summed E-state index contributed by atoms with van der Waals surface area (Å²) < 4.78 is 0. The topological polar surface area (TPSA) is 0 Å². The Morgan fingerprint density at radius 1 is 1.14 bits per heavy atom. The van der Waals surface area contributed by atoms with Crippen LogP contribution in [0.15, 0.2) is 0 Å². The zero-order valence-electron chi connectivity index (χ0n) is 10.6. The molecule has 0 heteroatoms. The average molecular weight is 196 g/mol. The van der Waals surface area contributed by atoms with Gasteiger partial charge < -0.3 is 0 Å². The number of hydrogen-bond donors (Lipinski definition) is 0. The minimum atomic E-state index is 0.566. The molecule has 1 unspecified atom stereocenters. The van der Waals surface area contributed by atoms with Crippen LogP contribution in [0.2, 0.25) is 0 Å². The standard InChI is InChI=1S/C14H28/c1-5-11-14(3,4)12(2)13-9-7-6-8-10-13/h12-13H,5-11H2,1-4H3. The molecule has 84 valence electrons. The van der Waals surface area contributed by atoms with Gasteiger partial charge in [0.2, 0.25) is 0 Å². The summed E-state index contributed by atoms with van der Waals surface area (Å²) in [6.45, 7) is 9.74. The normalized spacial score (nSPS) is 22.3. The van der Waals surface area contributed by atoms with Crippen molar-refractivity contribution in [2.45, 2.75) is 72.6 Å². The second kappa shape index (κ2) is 5.19. The predicted octanol–water partition coefficient (Wildman–Crippen LogP) is 5.03. The largest absolute Gasteiger partial charge is 0.0654 e. The number of rotatable bonds is 4. The molecule has 0 nitrogen and oxygen atoms in total. The van der Waals surface area contributed by atoms with Crippen LogP contribution in [0.5, 0.6) is 0 Å². The van der Waals surface area contributed by atoms with Crippen molar-refractivity contribution in [3.63, 3.8) is 0 Å². The van der Waals surface area contributed by atoms with E-state index in [0.29, 0.717) is 5.41 Å². The van der Waals surface area contributed by atoms with Crippen molar-refractivity contribution in [3.8, 4) is 0 Å². The van der Waals surface area contributed by atoms with Gasteiger partial charge in [0.1, 0.15) is 0 Å². The summed E-state index contributed by atoms with van der Waals surface area (Å²) >= 11 is 0. The van der Waals surface area contributed by atoms with E-state index >= 15 is 0 Å². The van der Waals surface area contributed by atoms with Crippen molar-refractivity contribution < 1.29 is 0 Å². The minimum absolute atomic E-state index is 0.566. The van der Waals surface area contributed by atoms with E-state index in [1.165, 1.54) is 44.9 Å². The third-order valence-electron chi connectivity index (χ3n) is 4.48. The van der Waals surface area contributed by atoms with Crippen LogP contribution in [0.4, 0.5) is 0 Å². The zero-order valence-corrected chi connectivity index (χ0v) is 10.6. The molecule has 0 amide bonds. The third-order valence-corrected chi connectivity index (χ3v) is 4.48. The molecular weight excluding hydrogens is 168 g/mol. The van der Waals surface area contributed by atoms with Gasteiger partial charge in [0.25, 0.3) is 0 Å². The average Bonchev–Trinajstić information content (AvgIpc) is 2.18. The molecule has 0 aliphatic heterocycles. The summed E-state index contributed by atoms with van der Waals surface area (Å²) in [6, 6.07) is 0. The van der Waals surface area contributed by atoms with Gasteiger partial charge in [0, 0.05) is 0 Å². The van der Waals surface area contributed by atoms with Crippen LogP contribution in [0.1, 0.15) is 72.6 Å². The maximum atomic E-state index is 2.49. The van der Waals surface area contributed by atoms with Crippen LogP contribution in [0, 0.1) is 17.3 Å². The molecular formula is C14H28. The van der Waals surface area contributed by atoms with Crippen molar-refractivity contribution in [2.75, 3.05) is 0 Å². The van der Waals surface area contributed by atoms with Crippen molar-refractivity contribution in [1.29, 1.82) is 0 Å². The Bertz CT molecular complexity index is 151. The molecule has 1 aliphatic rings. The van der Waals surface area contributed by atoms with Crippen LogP contribution in [-0.4, -0.2) is 0 Å². The van der Waals surface area contributed by atoms with Crippen LogP contribution >= 0.6 is 0 Å². The monoisotopic (exact) mass is 196 g/mol. The summed E-state index contributed by atoms with van der Waals surface area (Å²) in [5, 5.41) is 0. The fourth-order valence-electron chi connectivity index (χ4n) is 3.14. The molecule has 0 aromatic carbocycles. The highest BCUT2D eigenvalue weighted by Crippen LogP contribution is 2.42. The summed E-state index contributed by atoms with van der Waals surface area (Å²) in [5.41, 5.74) is 0.566. The van der Waals surface area contributed by atoms with Gasteiger partial charge >= 0.3 is 0 Å². The molecule has 0 aromatic rings. The molecule has 0 spiro atoms. The van der Waals surface area contributed by atoms with Crippen LogP contribution in [0.3, 0.4) is 0 Å². The zero-order chi connectivity index (χ0) is 10.6. The quantitative estimate of drug-likeness (QED) is 0.591. The van der Waals surface area contributed by atoms with E-state index in [4.69, 9.17) is 0 Å². The fraction of sp³-hybridized carbons (Fsp3) is 1.00. The van der Waals surface area contributed by atoms with E-state index in [-0.39, 0.29) is 0 Å². The first kappa shape index (κ1) is 12.1. The summed E-state index contributed by atoms with van der Waals surface area (Å²) in [6.07, 6.45) is 10.2. The maximum Gasteiger partial charge on any atom is -0.0326 e. The van der Waals surface area contributed by atoms with Gasteiger partial charge in [-0.3, -0.25) is 0 Å². The summed E-state index contributed by atoms with van der Waals surface area (Å²) in [5.74, 6) is 1.94. The van der Waals surface area contributed by atoms with Crippen molar-refractivity contribution in [2.24, 2.45) is 17.3 Å². The van der Waals surface area contributed by atoms with E-state index in [1.54, 1.807) is 0 Å². The summed E-state index contributed by atoms with van der Waals surface area (Å²) in [4.78, 5) is 0. The Morgan fingerprint density at radius 3 is 2.21 bits per heavy atom. The van der Waals surface area contributed by atoms with Gasteiger partial charge in [-0.25, -0.2) is 0 Å². The fourth-order valence-corrected chi connectivity index (χ4v) is 3.14. The smallest absolute Gasteiger partial charge is 0.0326 e. The molecule has 1 aliphatic carbocycles. The van der Waals surface area contributed by atoms with Gasteiger partial charge in [-0.15, -0.1) is 0 Å². The molecule has 0 heterocycles. The molecule has 0 aromatic heterocycles. The molecule has 14 heavy (non-hydrogen) atoms. The Hall–Kier alpha value is 0. The first-order chi connectivity index (χ1) is 6.58. The Labute approximate surface area is 90.5 Å². The molecule has 1 atom stereocenters. The lowest BCUT2D eigenvalue weighted by molar-refractivity contribution is 0.114. The Balaban J connectivity index is 2.48. The van der Waals surface area contributed by atoms with Crippen LogP contribution in [-0.2, 0) is 0 Å². The SMILES string of the molecule is CCCC(C)(C)C(C)C1CCCCC1. The second-order valence-electron chi connectivity index (χ2n) is 5.93. The van der Waals surface area contributed by atoms with Crippen molar-refractivity contribution >= 4 is 0 Å². The molecule has 1 fully saturated rings. The number of hydrogen-bond acceptors (Lipinski definition) is 0. The van der Waals surface area contributed by atoms with E-state index in [1.807, 2.05) is 0 Å².